The number of anilines is 1. The number of thiazole rings is 1. The van der Waals surface area contributed by atoms with Gasteiger partial charge in [-0.25, -0.2) is 4.98 Å². The molecule has 0 unspecified atom stereocenters. The minimum absolute atomic E-state index is 0.00767. The lowest BCUT2D eigenvalue weighted by Gasteiger charge is -2.06. The number of aromatic nitrogens is 1. The number of thioether (sulfide) groups is 1. The van der Waals surface area contributed by atoms with Crippen LogP contribution in [0.1, 0.15) is 21.1 Å². The predicted molar refractivity (Wildman–Crippen MR) is 124 cm³/mol. The lowest BCUT2D eigenvalue weighted by atomic mass is 10.0. The number of hydrogen-bond acceptors (Lipinski definition) is 4. The minimum Gasteiger partial charge on any atom is -0.326 e. The summed E-state index contributed by atoms with van der Waals surface area (Å²) in [5, 5.41) is 6.55. The van der Waals surface area contributed by atoms with Crippen molar-refractivity contribution in [3.05, 3.63) is 87.9 Å². The van der Waals surface area contributed by atoms with Gasteiger partial charge in [0.05, 0.1) is 17.1 Å². The van der Waals surface area contributed by atoms with Crippen LogP contribution in [0.15, 0.2) is 71.6 Å². The first-order valence-corrected chi connectivity index (χ1v) is 11.5. The molecule has 0 fully saturated rings. The molecule has 0 radical (unpaired) electrons. The quantitative estimate of drug-likeness (QED) is 0.385. The van der Waals surface area contributed by atoms with Crippen LogP contribution in [0, 0.1) is 6.92 Å². The molecule has 1 heterocycles. The lowest BCUT2D eigenvalue weighted by molar-refractivity contribution is -0.115. The highest BCUT2D eigenvalue weighted by Crippen LogP contribution is 2.26. The number of amides is 1. The summed E-state index contributed by atoms with van der Waals surface area (Å²) in [7, 11) is 0. The maximum Gasteiger partial charge on any atom is 0.229 e. The maximum atomic E-state index is 12.5. The van der Waals surface area contributed by atoms with Gasteiger partial charge >= 0.3 is 0 Å². The van der Waals surface area contributed by atoms with Crippen molar-refractivity contribution in [2.24, 2.45) is 0 Å². The summed E-state index contributed by atoms with van der Waals surface area (Å²) in [6.07, 6.45) is 3.16. The zero-order chi connectivity index (χ0) is 20.2. The van der Waals surface area contributed by atoms with Crippen molar-refractivity contribution in [2.45, 2.75) is 24.7 Å². The summed E-state index contributed by atoms with van der Waals surface area (Å²) >= 11 is 3.30. The van der Waals surface area contributed by atoms with Crippen LogP contribution < -0.4 is 5.32 Å². The van der Waals surface area contributed by atoms with Crippen LogP contribution >= 0.6 is 23.1 Å². The molecule has 1 amide bonds. The Balaban J connectivity index is 1.48. The van der Waals surface area contributed by atoms with Gasteiger partial charge in [0.1, 0.15) is 0 Å². The second kappa shape index (κ2) is 8.80. The summed E-state index contributed by atoms with van der Waals surface area (Å²) in [4.78, 5) is 19.4. The zero-order valence-electron chi connectivity index (χ0n) is 16.4. The number of nitrogens with one attached hydrogen (secondary N) is 1. The Hall–Kier alpha value is -2.63. The SMILES string of the molecule is CSc1cccc(NC(=O)Cc2sc(Cc3cccc4ccccc34)nc2C)c1. The zero-order valence-corrected chi connectivity index (χ0v) is 18.1. The van der Waals surface area contributed by atoms with E-state index in [1.165, 1.54) is 16.3 Å². The highest BCUT2D eigenvalue weighted by molar-refractivity contribution is 7.98. The summed E-state index contributed by atoms with van der Waals surface area (Å²) in [5.41, 5.74) is 3.04. The first-order valence-electron chi connectivity index (χ1n) is 9.48. The lowest BCUT2D eigenvalue weighted by Crippen LogP contribution is -2.14. The van der Waals surface area contributed by atoms with Crippen LogP contribution in [0.25, 0.3) is 10.8 Å². The van der Waals surface area contributed by atoms with E-state index < -0.39 is 0 Å². The molecule has 3 nitrogen and oxygen atoms in total. The molecule has 0 aliphatic rings. The molecule has 146 valence electrons. The largest absolute Gasteiger partial charge is 0.326 e. The van der Waals surface area contributed by atoms with Gasteiger partial charge in [-0.2, -0.15) is 0 Å². The van der Waals surface area contributed by atoms with Crippen LogP contribution in [-0.4, -0.2) is 17.1 Å². The third-order valence-electron chi connectivity index (χ3n) is 4.83. The number of rotatable bonds is 6. The van der Waals surface area contributed by atoms with Gasteiger partial charge in [0.25, 0.3) is 0 Å². The molecule has 4 rings (SSSR count). The molecule has 0 aliphatic heterocycles. The number of aryl methyl sites for hydroxylation is 1. The van der Waals surface area contributed by atoms with Crippen LogP contribution in [-0.2, 0) is 17.6 Å². The fourth-order valence-corrected chi connectivity index (χ4v) is 4.94. The van der Waals surface area contributed by atoms with E-state index in [1.807, 2.05) is 37.4 Å². The van der Waals surface area contributed by atoms with Gasteiger partial charge in [0, 0.05) is 21.9 Å². The Morgan fingerprint density at radius 3 is 2.72 bits per heavy atom. The van der Waals surface area contributed by atoms with Gasteiger partial charge in [-0.3, -0.25) is 4.79 Å². The van der Waals surface area contributed by atoms with Crippen molar-refractivity contribution in [1.82, 2.24) is 4.98 Å². The van der Waals surface area contributed by atoms with Gasteiger partial charge < -0.3 is 5.32 Å². The van der Waals surface area contributed by atoms with Crippen LogP contribution in [0.5, 0.6) is 0 Å². The Labute approximate surface area is 179 Å². The van der Waals surface area contributed by atoms with Gasteiger partial charge in [-0.1, -0.05) is 48.5 Å². The molecule has 3 aromatic carbocycles. The molecule has 29 heavy (non-hydrogen) atoms. The number of hydrogen-bond donors (Lipinski definition) is 1. The van der Waals surface area contributed by atoms with Crippen LogP contribution in [0.3, 0.4) is 0 Å². The molecule has 0 saturated heterocycles. The number of carbonyl (C=O) groups excluding carboxylic acids is 1. The van der Waals surface area contributed by atoms with Crippen LogP contribution in [0.2, 0.25) is 0 Å². The number of carbonyl (C=O) groups is 1. The monoisotopic (exact) mass is 418 g/mol. The standard InChI is InChI=1S/C24H22N2OS2/c1-16-22(15-23(27)26-19-10-6-11-20(14-19)28-2)29-24(25-16)13-18-9-5-8-17-7-3-4-12-21(17)18/h3-12,14H,13,15H2,1-2H3,(H,26,27). The summed E-state index contributed by atoms with van der Waals surface area (Å²) in [6, 6.07) is 22.7. The van der Waals surface area contributed by atoms with Crippen molar-refractivity contribution in [2.75, 3.05) is 11.6 Å². The molecule has 1 aromatic heterocycles. The molecule has 0 bridgehead atoms. The summed E-state index contributed by atoms with van der Waals surface area (Å²) in [5.74, 6) is -0.00767. The van der Waals surface area contributed by atoms with E-state index in [-0.39, 0.29) is 5.91 Å². The number of benzene rings is 3. The highest BCUT2D eigenvalue weighted by Gasteiger charge is 2.13. The van der Waals surface area contributed by atoms with Crippen LogP contribution in [0.4, 0.5) is 5.69 Å². The Morgan fingerprint density at radius 1 is 1.07 bits per heavy atom. The van der Waals surface area contributed by atoms with Gasteiger partial charge in [-0.15, -0.1) is 23.1 Å². The van der Waals surface area contributed by atoms with Crippen molar-refractivity contribution in [1.29, 1.82) is 0 Å². The molecule has 0 aliphatic carbocycles. The molecular weight excluding hydrogens is 396 g/mol. The fraction of sp³-hybridized carbons (Fsp3) is 0.167. The van der Waals surface area contributed by atoms with E-state index in [9.17, 15) is 4.79 Å². The van der Waals surface area contributed by atoms with E-state index in [0.717, 1.165) is 32.6 Å². The van der Waals surface area contributed by atoms with Crippen molar-refractivity contribution in [3.63, 3.8) is 0 Å². The summed E-state index contributed by atoms with van der Waals surface area (Å²) < 4.78 is 0. The molecule has 0 atom stereocenters. The third kappa shape index (κ3) is 4.69. The maximum absolute atomic E-state index is 12.5. The molecular formula is C24H22N2OS2. The smallest absolute Gasteiger partial charge is 0.229 e. The average molecular weight is 419 g/mol. The van der Waals surface area contributed by atoms with Crippen molar-refractivity contribution >= 4 is 45.5 Å². The predicted octanol–water partition coefficient (Wildman–Crippen LogP) is 6.10. The van der Waals surface area contributed by atoms with Crippen molar-refractivity contribution < 1.29 is 4.79 Å². The first-order chi connectivity index (χ1) is 14.1. The number of nitrogens with zero attached hydrogens (tertiary/aromatic N) is 1. The van der Waals surface area contributed by atoms with Crippen molar-refractivity contribution in [3.8, 4) is 0 Å². The van der Waals surface area contributed by atoms with E-state index in [2.05, 4.69) is 47.8 Å². The Morgan fingerprint density at radius 2 is 1.86 bits per heavy atom. The summed E-state index contributed by atoms with van der Waals surface area (Å²) in [6.45, 7) is 1.99. The normalized spacial score (nSPS) is 11.0. The van der Waals surface area contributed by atoms with E-state index in [0.29, 0.717) is 6.42 Å². The average Bonchev–Trinajstić information content (AvgIpc) is 3.07. The second-order valence-electron chi connectivity index (χ2n) is 6.89. The molecule has 5 heteroatoms. The Bertz CT molecular complexity index is 1160. The third-order valence-corrected chi connectivity index (χ3v) is 6.72. The molecule has 0 saturated carbocycles. The van der Waals surface area contributed by atoms with E-state index in [1.54, 1.807) is 23.1 Å². The molecule has 1 N–H and O–H groups in total. The second-order valence-corrected chi connectivity index (χ2v) is 8.94. The minimum atomic E-state index is -0.00767. The number of fused-ring (bicyclic) bond motifs is 1. The Kier molecular flexibility index (Phi) is 5.97. The van der Waals surface area contributed by atoms with Gasteiger partial charge in [0.15, 0.2) is 0 Å². The van der Waals surface area contributed by atoms with Gasteiger partial charge in [0.2, 0.25) is 5.91 Å². The fourth-order valence-electron chi connectivity index (χ4n) is 3.39. The molecule has 0 spiro atoms. The topological polar surface area (TPSA) is 42.0 Å². The van der Waals surface area contributed by atoms with Gasteiger partial charge in [-0.05, 0) is 47.7 Å². The first kappa shape index (κ1) is 19.7. The van der Waals surface area contributed by atoms with E-state index >= 15 is 0 Å². The van der Waals surface area contributed by atoms with E-state index in [4.69, 9.17) is 4.98 Å². The molecule has 4 aromatic rings. The highest BCUT2D eigenvalue weighted by atomic mass is 32.2.